The van der Waals surface area contributed by atoms with Crippen LogP contribution in [0.15, 0.2) is 18.6 Å². The van der Waals surface area contributed by atoms with E-state index in [2.05, 4.69) is 41.2 Å². The molecule has 0 radical (unpaired) electrons. The number of aromatic amines is 1. The number of nitrogens with zero attached hydrogens (tertiary/aromatic N) is 5. The molecule has 0 atom stereocenters. The molecular weight excluding hydrogens is 1150 g/mol. The van der Waals surface area contributed by atoms with Gasteiger partial charge in [-0.3, -0.25) is 19.3 Å². The summed E-state index contributed by atoms with van der Waals surface area (Å²) in [5.74, 6) is -2.36. The number of hydrogen-bond donors (Lipinski definition) is 1. The molecule has 3 aliphatic heterocycles. The van der Waals surface area contributed by atoms with Crippen molar-refractivity contribution in [2.75, 3.05) is 64.8 Å². The van der Waals surface area contributed by atoms with Gasteiger partial charge in [-0.2, -0.15) is 15.3 Å². The number of H-pyrrole nitrogens is 1. The number of rotatable bonds is 15. The van der Waals surface area contributed by atoms with E-state index in [1.807, 2.05) is 27.7 Å². The standard InChI is InChI=1S/2C13H20N2O4.C7H10N2O2.C6H11BrO2.CH2O3.2Cs.H/c1-4-17-12(16)11-9-15(14-10(11)2)6-5-13(3)18-7-8-19-13;1-4-17-12(16)11-9-14-15(10(11)2)6-5-13(3)18-7-8-19-13;1-3-11-7(10)6-4-8-9-5(6)2;1-6(2-3-7)8-4-5-9-6;2-1-4-3;;;/h2*9H,4-8H2,1-3H3;4H,3H2,1-2H3,(H,8,9);2-5H2,1H3;1,3H;;;/q;;;;;2*+1;-1/p-1. The summed E-state index contributed by atoms with van der Waals surface area (Å²) in [7, 11) is 0. The molecule has 21 nitrogen and oxygen atoms in total. The second kappa shape index (κ2) is 34.2. The Balaban J connectivity index is 0. The molecule has 0 aliphatic carbocycles. The number of aromatic nitrogens is 6. The Morgan fingerprint density at radius 3 is 1.58 bits per heavy atom. The van der Waals surface area contributed by atoms with E-state index in [1.54, 1.807) is 56.4 Å². The molecule has 352 valence electrons. The molecule has 0 aromatic carbocycles. The normalized spacial score (nSPS) is 15.9. The van der Waals surface area contributed by atoms with Gasteiger partial charge >= 0.3 is 156 Å². The van der Waals surface area contributed by atoms with Gasteiger partial charge in [0.05, 0.1) is 77.5 Å². The third kappa shape index (κ3) is 22.9. The zero-order chi connectivity index (χ0) is 46.2. The Kier molecular flexibility index (Phi) is 34.1. The van der Waals surface area contributed by atoms with Crippen molar-refractivity contribution in [1.82, 2.24) is 29.8 Å². The van der Waals surface area contributed by atoms with Gasteiger partial charge in [-0.25, -0.2) is 14.4 Å². The average Bonchev–Trinajstić information content (AvgIpc) is 4.12. The van der Waals surface area contributed by atoms with Crippen LogP contribution in [0, 0.1) is 20.8 Å². The van der Waals surface area contributed by atoms with Crippen LogP contribution in [0.3, 0.4) is 0 Å². The maximum Gasteiger partial charge on any atom is 1.00 e. The van der Waals surface area contributed by atoms with Crippen LogP contribution < -0.4 is 143 Å². The summed E-state index contributed by atoms with van der Waals surface area (Å²) in [6.07, 6.45) is 7.03. The Morgan fingerprint density at radius 1 is 0.750 bits per heavy atom. The maximum absolute atomic E-state index is 11.7. The van der Waals surface area contributed by atoms with Gasteiger partial charge in [-0.05, 0) is 62.3 Å². The number of aryl methyl sites for hydroxylation is 4. The Morgan fingerprint density at radius 2 is 1.17 bits per heavy atom. The van der Waals surface area contributed by atoms with Crippen molar-refractivity contribution in [3.8, 4) is 0 Å². The Hall–Kier alpha value is -0.186. The van der Waals surface area contributed by atoms with E-state index >= 15 is 0 Å². The van der Waals surface area contributed by atoms with Crippen molar-refractivity contribution >= 4 is 40.3 Å². The predicted molar refractivity (Wildman–Crippen MR) is 222 cm³/mol. The molecule has 6 heterocycles. The number of halogens is 1. The first kappa shape index (κ1) is 63.8. The predicted octanol–water partition coefficient (Wildman–Crippen LogP) is -1.97. The Labute approximate surface area is 502 Å². The van der Waals surface area contributed by atoms with Crippen LogP contribution in [0.25, 0.3) is 0 Å². The molecule has 1 N–H and O–H groups in total. The van der Waals surface area contributed by atoms with E-state index in [0.717, 1.165) is 36.4 Å². The van der Waals surface area contributed by atoms with E-state index in [4.69, 9.17) is 52.7 Å². The molecule has 3 fully saturated rings. The van der Waals surface area contributed by atoms with Crippen LogP contribution >= 0.6 is 15.9 Å². The number of hydrogen-bond acceptors (Lipinski definition) is 18. The average molecular weight is 1210 g/mol. The van der Waals surface area contributed by atoms with Gasteiger partial charge in [0.25, 0.3) is 6.47 Å². The molecule has 3 aromatic rings. The molecule has 64 heavy (non-hydrogen) atoms. The molecule has 3 saturated heterocycles. The van der Waals surface area contributed by atoms with E-state index < -0.39 is 11.6 Å². The van der Waals surface area contributed by atoms with Crippen molar-refractivity contribution in [1.29, 1.82) is 0 Å². The second-order valence-electron chi connectivity index (χ2n) is 14.0. The van der Waals surface area contributed by atoms with Crippen LogP contribution in [-0.4, -0.2) is 136 Å². The first-order valence-corrected chi connectivity index (χ1v) is 21.4. The third-order valence-electron chi connectivity index (χ3n) is 9.22. The maximum atomic E-state index is 11.7. The largest absolute Gasteiger partial charge is 1.00 e. The minimum Gasteiger partial charge on any atom is -1.00 e. The molecule has 0 amide bonds. The van der Waals surface area contributed by atoms with E-state index in [-0.39, 0.29) is 169 Å². The molecule has 3 aromatic heterocycles. The second-order valence-corrected chi connectivity index (χ2v) is 14.7. The molecule has 6 rings (SSSR count). The van der Waals surface area contributed by atoms with Crippen LogP contribution in [0.2, 0.25) is 0 Å². The van der Waals surface area contributed by atoms with Crippen LogP contribution in [0.4, 0.5) is 0 Å². The number of nitrogens with one attached hydrogen (secondary N) is 1. The van der Waals surface area contributed by atoms with Gasteiger partial charge in [-0.15, -0.1) is 0 Å². The van der Waals surface area contributed by atoms with Gasteiger partial charge in [0.1, 0.15) is 16.7 Å². The first-order valence-electron chi connectivity index (χ1n) is 20.2. The molecule has 3 aliphatic rings. The van der Waals surface area contributed by atoms with Crippen molar-refractivity contribution in [3.05, 3.63) is 52.4 Å². The zero-order valence-corrected chi connectivity index (χ0v) is 53.3. The summed E-state index contributed by atoms with van der Waals surface area (Å²) in [5.41, 5.74) is 3.76. The van der Waals surface area contributed by atoms with Gasteiger partial charge < -0.3 is 54.2 Å². The van der Waals surface area contributed by atoms with Crippen LogP contribution in [0.5, 0.6) is 0 Å². The van der Waals surface area contributed by atoms with Gasteiger partial charge in [-0.1, -0.05) is 15.9 Å². The van der Waals surface area contributed by atoms with E-state index in [1.165, 1.54) is 6.20 Å². The fourth-order valence-electron chi connectivity index (χ4n) is 5.79. The summed E-state index contributed by atoms with van der Waals surface area (Å²) in [6, 6.07) is 0. The summed E-state index contributed by atoms with van der Waals surface area (Å²) < 4.78 is 51.0. The third-order valence-corrected chi connectivity index (χ3v) is 9.62. The fourth-order valence-corrected chi connectivity index (χ4v) is 6.51. The van der Waals surface area contributed by atoms with Crippen LogP contribution in [0.1, 0.15) is 110 Å². The molecule has 0 bridgehead atoms. The number of esters is 3. The van der Waals surface area contributed by atoms with E-state index in [9.17, 15) is 14.4 Å². The molecule has 24 heteroatoms. The topological polar surface area (TPSA) is 248 Å². The van der Waals surface area contributed by atoms with Crippen molar-refractivity contribution in [3.63, 3.8) is 0 Å². The number of ether oxygens (including phenoxy) is 9. The summed E-state index contributed by atoms with van der Waals surface area (Å²) in [4.78, 5) is 45.6. The van der Waals surface area contributed by atoms with Gasteiger partial charge in [0.15, 0.2) is 17.4 Å². The first-order chi connectivity index (χ1) is 29.5. The number of carbonyl (C=O) groups is 4. The summed E-state index contributed by atoms with van der Waals surface area (Å²) in [5, 5.41) is 24.2. The van der Waals surface area contributed by atoms with Crippen molar-refractivity contribution in [2.24, 2.45) is 0 Å². The minimum atomic E-state index is -0.539. The quantitative estimate of drug-likeness (QED) is 0.0433. The van der Waals surface area contributed by atoms with Crippen molar-refractivity contribution in [2.45, 2.75) is 112 Å². The summed E-state index contributed by atoms with van der Waals surface area (Å²) in [6.45, 7) is 22.8. The van der Waals surface area contributed by atoms with Crippen LogP contribution in [-0.2, 0) is 65.4 Å². The molecule has 0 spiro atoms. The fraction of sp³-hybridized carbons (Fsp3) is 0.675. The zero-order valence-electron chi connectivity index (χ0n) is 40.2. The van der Waals surface area contributed by atoms with E-state index in [0.29, 0.717) is 94.6 Å². The Bertz CT molecular complexity index is 1780. The van der Waals surface area contributed by atoms with Gasteiger partial charge in [0.2, 0.25) is 0 Å². The molecule has 0 unspecified atom stereocenters. The van der Waals surface area contributed by atoms with Crippen molar-refractivity contribution < 1.29 is 211 Å². The minimum absolute atomic E-state index is 0. The van der Waals surface area contributed by atoms with Gasteiger partial charge in [0, 0.05) is 55.3 Å². The number of alkyl halides is 1. The smallest absolute Gasteiger partial charge is 1.00 e. The molecular formula is C40H63BrCs2N6O15. The monoisotopic (exact) mass is 1210 g/mol. The SMILES string of the molecule is CC1(CCBr)OCCO1.CCOC(=O)c1cn(CCC2(C)OCCO2)nc1C.CCOC(=O)c1cn[nH]c1C.CCOC(=O)c1cnn(CCC2(C)OCCO2)c1C.O=CO[O-].[Cs+].[Cs+].[H-]. The molecule has 0 saturated carbocycles. The number of carbonyl (C=O) groups excluding carboxylic acids is 4. The summed E-state index contributed by atoms with van der Waals surface area (Å²) >= 11 is 3.33.